The van der Waals surface area contributed by atoms with Gasteiger partial charge in [0.1, 0.15) is 11.8 Å². The zero-order valence-corrected chi connectivity index (χ0v) is 42.8. The molecule has 358 valence electrons. The summed E-state index contributed by atoms with van der Waals surface area (Å²) < 4.78 is 20.7. The minimum absolute atomic E-state index is 0.0204. The molecule has 0 radical (unpaired) electrons. The molecule has 0 saturated carbocycles. The average Bonchev–Trinajstić information content (AvgIpc) is 3.69. The van der Waals surface area contributed by atoms with Crippen molar-refractivity contribution in [3.05, 3.63) is 11.9 Å². The molecule has 0 fully saturated rings. The third-order valence-electron chi connectivity index (χ3n) is 11.7. The number of aromatic nitrogens is 3. The van der Waals surface area contributed by atoms with E-state index in [-0.39, 0.29) is 23.6 Å². The highest BCUT2D eigenvalue weighted by molar-refractivity contribution is 14.1. The van der Waals surface area contributed by atoms with Gasteiger partial charge < -0.3 is 19.1 Å². The SMILES string of the molecule is CCCCCCCCCOC(=O)CCCCCCCN(CCCCCCCC(=O)OC(CCCCCCCC)CCCCCCCI)CCCn1cc(COC(C)(C)C)nn1. The highest BCUT2D eigenvalue weighted by atomic mass is 127. The van der Waals surface area contributed by atoms with Crippen molar-refractivity contribution >= 4 is 34.5 Å². The zero-order chi connectivity index (χ0) is 44.5. The van der Waals surface area contributed by atoms with E-state index in [2.05, 4.69) is 72.4 Å². The van der Waals surface area contributed by atoms with Crippen molar-refractivity contribution in [3.63, 3.8) is 0 Å². The fraction of sp³-hybridized carbons (Fsp3) is 0.922. The summed E-state index contributed by atoms with van der Waals surface area (Å²) in [5, 5.41) is 8.67. The Kier molecular flexibility index (Phi) is 39.2. The standard InChI is InChI=1S/C51H97IN4O5/c1-6-8-10-12-14-25-33-44-59-49(57)37-28-20-16-23-31-40-55(42-34-43-56-45-47(53-54-56)46-60-51(3,4)5)41-32-24-17-21-29-38-50(58)61-48(35-26-18-13-11-9-7-2)36-27-19-15-22-30-39-52/h45,48H,6-44,46H2,1-5H3. The van der Waals surface area contributed by atoms with Gasteiger partial charge in [0, 0.05) is 19.4 Å². The average molecular weight is 973 g/mol. The number of esters is 2. The Balaban J connectivity index is 2.40. The summed E-state index contributed by atoms with van der Waals surface area (Å²) in [5.41, 5.74) is 0.680. The van der Waals surface area contributed by atoms with Crippen molar-refractivity contribution < 1.29 is 23.8 Å². The second-order valence-corrected chi connectivity index (χ2v) is 19.9. The van der Waals surface area contributed by atoms with Gasteiger partial charge in [-0.2, -0.15) is 0 Å². The lowest BCUT2D eigenvalue weighted by atomic mass is 10.0. The first-order valence-electron chi connectivity index (χ1n) is 25.8. The number of carbonyl (C=O) groups is 2. The summed E-state index contributed by atoms with van der Waals surface area (Å²) in [5.74, 6) is -0.00331. The Morgan fingerprint density at radius 1 is 0.623 bits per heavy atom. The van der Waals surface area contributed by atoms with Gasteiger partial charge in [-0.25, -0.2) is 0 Å². The van der Waals surface area contributed by atoms with Crippen molar-refractivity contribution in [2.45, 2.75) is 271 Å². The minimum Gasteiger partial charge on any atom is -0.466 e. The molecule has 10 heteroatoms. The summed E-state index contributed by atoms with van der Waals surface area (Å²) in [6.07, 6.45) is 40.2. The fourth-order valence-corrected chi connectivity index (χ4v) is 8.38. The lowest BCUT2D eigenvalue weighted by molar-refractivity contribution is -0.150. The van der Waals surface area contributed by atoms with E-state index in [1.165, 1.54) is 146 Å². The first-order chi connectivity index (χ1) is 29.7. The first-order valence-corrected chi connectivity index (χ1v) is 27.4. The molecule has 0 aromatic carbocycles. The Labute approximate surface area is 390 Å². The Bertz CT molecular complexity index is 1110. The molecule has 1 atom stereocenters. The summed E-state index contributed by atoms with van der Waals surface area (Å²) in [4.78, 5) is 27.7. The van der Waals surface area contributed by atoms with Crippen LogP contribution in [0, 0.1) is 0 Å². The second kappa shape index (κ2) is 41.4. The van der Waals surface area contributed by atoms with E-state index >= 15 is 0 Å². The summed E-state index contributed by atoms with van der Waals surface area (Å²) >= 11 is 2.47. The number of halogens is 1. The van der Waals surface area contributed by atoms with E-state index in [0.29, 0.717) is 26.1 Å². The van der Waals surface area contributed by atoms with E-state index in [9.17, 15) is 9.59 Å². The number of unbranched alkanes of at least 4 members (excludes halogenated alkanes) is 23. The van der Waals surface area contributed by atoms with Gasteiger partial charge in [0.05, 0.1) is 25.0 Å². The lowest BCUT2D eigenvalue weighted by Gasteiger charge is -2.22. The molecule has 1 heterocycles. The maximum Gasteiger partial charge on any atom is 0.306 e. The van der Waals surface area contributed by atoms with Gasteiger partial charge in [-0.1, -0.05) is 170 Å². The molecule has 1 aromatic heterocycles. The van der Waals surface area contributed by atoms with Gasteiger partial charge in [-0.05, 0) is 115 Å². The Morgan fingerprint density at radius 3 is 1.66 bits per heavy atom. The molecule has 9 nitrogen and oxygen atoms in total. The molecule has 1 aromatic rings. The lowest BCUT2D eigenvalue weighted by Crippen LogP contribution is -2.28. The topological polar surface area (TPSA) is 95.8 Å². The maximum atomic E-state index is 12.9. The number of rotatable bonds is 45. The van der Waals surface area contributed by atoms with Crippen molar-refractivity contribution in [1.29, 1.82) is 0 Å². The molecule has 1 unspecified atom stereocenters. The van der Waals surface area contributed by atoms with Crippen LogP contribution < -0.4 is 0 Å². The van der Waals surface area contributed by atoms with Crippen LogP contribution in [-0.4, -0.2) is 74.2 Å². The number of alkyl halides is 1. The largest absolute Gasteiger partial charge is 0.466 e. The van der Waals surface area contributed by atoms with Crippen LogP contribution in [-0.2, 0) is 37.0 Å². The van der Waals surface area contributed by atoms with Gasteiger partial charge in [0.2, 0.25) is 0 Å². The fourth-order valence-electron chi connectivity index (χ4n) is 7.84. The quantitative estimate of drug-likeness (QED) is 0.0276. The van der Waals surface area contributed by atoms with Gasteiger partial charge in [-0.15, -0.1) is 5.10 Å². The second-order valence-electron chi connectivity index (χ2n) is 18.9. The maximum absolute atomic E-state index is 12.9. The number of carbonyl (C=O) groups excluding carboxylic acids is 2. The first kappa shape index (κ1) is 57.7. The predicted octanol–water partition coefficient (Wildman–Crippen LogP) is 14.7. The molecule has 0 aliphatic rings. The molecule has 61 heavy (non-hydrogen) atoms. The molecule has 0 spiro atoms. The molecule has 1 rings (SSSR count). The number of nitrogens with zero attached hydrogens (tertiary/aromatic N) is 4. The molecule has 0 aliphatic carbocycles. The van der Waals surface area contributed by atoms with Crippen LogP contribution in [0.2, 0.25) is 0 Å². The van der Waals surface area contributed by atoms with Crippen molar-refractivity contribution in [2.75, 3.05) is 30.7 Å². The molecule has 0 saturated heterocycles. The molecular weight excluding hydrogens is 875 g/mol. The smallest absolute Gasteiger partial charge is 0.306 e. The van der Waals surface area contributed by atoms with Crippen LogP contribution in [0.4, 0.5) is 0 Å². The van der Waals surface area contributed by atoms with Gasteiger partial charge in [-0.3, -0.25) is 14.3 Å². The van der Waals surface area contributed by atoms with E-state index in [1.54, 1.807) is 0 Å². The molecule has 0 amide bonds. The van der Waals surface area contributed by atoms with E-state index < -0.39 is 0 Å². The van der Waals surface area contributed by atoms with E-state index in [0.717, 1.165) is 89.7 Å². The number of hydrogen-bond acceptors (Lipinski definition) is 8. The van der Waals surface area contributed by atoms with Gasteiger partial charge in [0.25, 0.3) is 0 Å². The predicted molar refractivity (Wildman–Crippen MR) is 264 cm³/mol. The van der Waals surface area contributed by atoms with Gasteiger partial charge in [0.15, 0.2) is 0 Å². The van der Waals surface area contributed by atoms with Crippen molar-refractivity contribution in [2.24, 2.45) is 0 Å². The highest BCUT2D eigenvalue weighted by Crippen LogP contribution is 2.19. The Morgan fingerprint density at radius 2 is 1.10 bits per heavy atom. The van der Waals surface area contributed by atoms with E-state index in [1.807, 2.05) is 10.9 Å². The Hall–Kier alpha value is -1.27. The third-order valence-corrected chi connectivity index (χ3v) is 12.4. The van der Waals surface area contributed by atoms with Crippen LogP contribution in [0.1, 0.15) is 252 Å². The normalized spacial score (nSPS) is 12.4. The molecule has 0 aliphatic heterocycles. The summed E-state index contributed by atoms with van der Waals surface area (Å²) in [7, 11) is 0. The van der Waals surface area contributed by atoms with Crippen molar-refractivity contribution in [3.8, 4) is 0 Å². The highest BCUT2D eigenvalue weighted by Gasteiger charge is 2.15. The number of aryl methyl sites for hydroxylation is 1. The summed E-state index contributed by atoms with van der Waals surface area (Å²) in [6.45, 7) is 15.9. The monoisotopic (exact) mass is 973 g/mol. The van der Waals surface area contributed by atoms with Crippen LogP contribution in [0.5, 0.6) is 0 Å². The van der Waals surface area contributed by atoms with Crippen molar-refractivity contribution in [1.82, 2.24) is 19.9 Å². The van der Waals surface area contributed by atoms with Crippen LogP contribution >= 0.6 is 22.6 Å². The molecule has 0 N–H and O–H groups in total. The number of hydrogen-bond donors (Lipinski definition) is 0. The van der Waals surface area contributed by atoms with Crippen LogP contribution in [0.3, 0.4) is 0 Å². The van der Waals surface area contributed by atoms with E-state index in [4.69, 9.17) is 14.2 Å². The molecular formula is C51H97IN4O5. The third kappa shape index (κ3) is 38.9. The minimum atomic E-state index is -0.197. The van der Waals surface area contributed by atoms with Crippen LogP contribution in [0.15, 0.2) is 6.20 Å². The van der Waals surface area contributed by atoms with Crippen LogP contribution in [0.25, 0.3) is 0 Å². The molecule has 0 bridgehead atoms. The van der Waals surface area contributed by atoms with Gasteiger partial charge >= 0.3 is 11.9 Å². The number of ether oxygens (including phenoxy) is 3. The zero-order valence-electron chi connectivity index (χ0n) is 40.6. The summed E-state index contributed by atoms with van der Waals surface area (Å²) in [6, 6.07) is 0.